The molecule has 0 bridgehead atoms. The van der Waals surface area contributed by atoms with Crippen LogP contribution in [-0.2, 0) is 19.9 Å². The van der Waals surface area contributed by atoms with Crippen molar-refractivity contribution >= 4 is 19.9 Å². The van der Waals surface area contributed by atoms with Crippen LogP contribution < -0.4 is 10.0 Å². The van der Waals surface area contributed by atoms with E-state index in [1.54, 1.807) is 0 Å². The Morgan fingerprint density at radius 3 is 2.00 bits per heavy atom. The molecule has 0 aliphatic carbocycles. The van der Waals surface area contributed by atoms with E-state index in [1.807, 2.05) is 0 Å². The smallest absolute Gasteiger partial charge is 0.240 e. The third kappa shape index (κ3) is 3.78. The molecule has 1 heterocycles. The summed E-state index contributed by atoms with van der Waals surface area (Å²) in [6.07, 6.45) is 2.59. The van der Waals surface area contributed by atoms with Crippen molar-refractivity contribution in [3.8, 4) is 0 Å². The average Bonchev–Trinajstić information content (AvgIpc) is 2.38. The van der Waals surface area contributed by atoms with Gasteiger partial charge in [0.2, 0.25) is 10.0 Å². The number of nitrogens with one attached hydrogen (secondary N) is 2. The molecule has 1 aliphatic rings. The summed E-state index contributed by atoms with van der Waals surface area (Å²) in [4.78, 5) is 0.196. The zero-order valence-corrected chi connectivity index (χ0v) is 12.8. The van der Waals surface area contributed by atoms with Gasteiger partial charge in [-0.1, -0.05) is 0 Å². The van der Waals surface area contributed by atoms with Gasteiger partial charge in [-0.05, 0) is 50.2 Å². The van der Waals surface area contributed by atoms with Crippen LogP contribution in [0.5, 0.6) is 0 Å². The topological polar surface area (TPSA) is 92.3 Å². The maximum atomic E-state index is 12.2. The maximum Gasteiger partial charge on any atom is 0.240 e. The van der Waals surface area contributed by atoms with Gasteiger partial charge in [0.1, 0.15) is 0 Å². The van der Waals surface area contributed by atoms with E-state index in [0.717, 1.165) is 32.2 Å². The van der Waals surface area contributed by atoms with Gasteiger partial charge in [0, 0.05) is 12.3 Å². The number of benzene rings is 1. The number of sulfone groups is 1. The highest BCUT2D eigenvalue weighted by Crippen LogP contribution is 2.15. The summed E-state index contributed by atoms with van der Waals surface area (Å²) in [5.74, 6) is 0. The van der Waals surface area contributed by atoms with Gasteiger partial charge in [-0.15, -0.1) is 0 Å². The Bertz CT molecular complexity index is 660. The first-order valence-electron chi connectivity index (χ1n) is 6.32. The fraction of sp³-hybridized carbons (Fsp3) is 0.500. The highest BCUT2D eigenvalue weighted by molar-refractivity contribution is 7.90. The molecule has 0 spiro atoms. The molecule has 0 amide bonds. The lowest BCUT2D eigenvalue weighted by Gasteiger charge is -2.23. The SMILES string of the molecule is CS(=O)(=O)c1ccc(S(=O)(=O)NC2CCNCC2)cc1. The molecule has 1 fully saturated rings. The van der Waals surface area contributed by atoms with Crippen molar-refractivity contribution in [1.29, 1.82) is 0 Å². The molecule has 2 N–H and O–H groups in total. The predicted molar refractivity (Wildman–Crippen MR) is 75.8 cm³/mol. The zero-order chi connectivity index (χ0) is 14.8. The van der Waals surface area contributed by atoms with Gasteiger partial charge in [-0.25, -0.2) is 21.6 Å². The van der Waals surface area contributed by atoms with Crippen molar-refractivity contribution < 1.29 is 16.8 Å². The van der Waals surface area contributed by atoms with Crippen LogP contribution in [0.2, 0.25) is 0 Å². The molecular formula is C12H18N2O4S2. The first kappa shape index (κ1) is 15.4. The molecular weight excluding hydrogens is 300 g/mol. The molecule has 0 radical (unpaired) electrons. The Hall–Kier alpha value is -0.960. The lowest BCUT2D eigenvalue weighted by molar-refractivity contribution is 0.427. The van der Waals surface area contributed by atoms with Crippen molar-refractivity contribution in [2.45, 2.75) is 28.7 Å². The standard InChI is InChI=1S/C12H18N2O4S2/c1-19(15,16)11-2-4-12(5-3-11)20(17,18)14-10-6-8-13-9-7-10/h2-5,10,13-14H,6-9H2,1H3. The van der Waals surface area contributed by atoms with Crippen molar-refractivity contribution in [3.05, 3.63) is 24.3 Å². The van der Waals surface area contributed by atoms with Crippen LogP contribution in [0.3, 0.4) is 0 Å². The first-order chi connectivity index (χ1) is 9.29. The molecule has 1 aromatic rings. The van der Waals surface area contributed by atoms with Gasteiger partial charge in [-0.3, -0.25) is 0 Å². The summed E-state index contributed by atoms with van der Waals surface area (Å²) in [5.41, 5.74) is 0. The summed E-state index contributed by atoms with van der Waals surface area (Å²) in [7, 11) is -6.91. The summed E-state index contributed by atoms with van der Waals surface area (Å²) in [5, 5.41) is 3.16. The van der Waals surface area contributed by atoms with E-state index in [0.29, 0.717) is 0 Å². The molecule has 0 saturated carbocycles. The minimum atomic E-state index is -3.59. The van der Waals surface area contributed by atoms with E-state index in [2.05, 4.69) is 10.0 Å². The van der Waals surface area contributed by atoms with E-state index in [-0.39, 0.29) is 15.8 Å². The van der Waals surface area contributed by atoms with Crippen molar-refractivity contribution in [2.24, 2.45) is 0 Å². The summed E-state index contributed by atoms with van der Waals surface area (Å²) < 4.78 is 49.7. The Morgan fingerprint density at radius 1 is 1.00 bits per heavy atom. The first-order valence-corrected chi connectivity index (χ1v) is 9.70. The van der Waals surface area contributed by atoms with Gasteiger partial charge in [0.15, 0.2) is 9.84 Å². The van der Waals surface area contributed by atoms with Gasteiger partial charge >= 0.3 is 0 Å². The number of rotatable bonds is 4. The lowest BCUT2D eigenvalue weighted by Crippen LogP contribution is -2.42. The molecule has 0 aromatic heterocycles. The predicted octanol–water partition coefficient (Wildman–Crippen LogP) is 0.120. The van der Waals surface area contributed by atoms with E-state index < -0.39 is 19.9 Å². The molecule has 2 rings (SSSR count). The molecule has 112 valence electrons. The van der Waals surface area contributed by atoms with Gasteiger partial charge in [0.25, 0.3) is 0 Å². The van der Waals surface area contributed by atoms with E-state index in [4.69, 9.17) is 0 Å². The molecule has 20 heavy (non-hydrogen) atoms. The van der Waals surface area contributed by atoms with Gasteiger partial charge < -0.3 is 5.32 Å². The second-order valence-corrected chi connectivity index (χ2v) is 8.62. The molecule has 1 aliphatic heterocycles. The summed E-state index contributed by atoms with van der Waals surface area (Å²) in [6, 6.07) is 5.19. The van der Waals surface area contributed by atoms with Crippen molar-refractivity contribution in [3.63, 3.8) is 0 Å². The monoisotopic (exact) mass is 318 g/mol. The van der Waals surface area contributed by atoms with Crippen LogP contribution >= 0.6 is 0 Å². The zero-order valence-electron chi connectivity index (χ0n) is 11.2. The number of hydrogen-bond donors (Lipinski definition) is 2. The number of hydrogen-bond acceptors (Lipinski definition) is 5. The van der Waals surface area contributed by atoms with Crippen LogP contribution in [0.1, 0.15) is 12.8 Å². The summed E-state index contributed by atoms with van der Waals surface area (Å²) in [6.45, 7) is 1.58. The minimum Gasteiger partial charge on any atom is -0.317 e. The van der Waals surface area contributed by atoms with Crippen LogP contribution in [0, 0.1) is 0 Å². The third-order valence-electron chi connectivity index (χ3n) is 3.22. The van der Waals surface area contributed by atoms with E-state index in [1.165, 1.54) is 24.3 Å². The molecule has 8 heteroatoms. The quantitative estimate of drug-likeness (QED) is 0.823. The lowest BCUT2D eigenvalue weighted by atomic mass is 10.1. The Labute approximate surface area is 119 Å². The van der Waals surface area contributed by atoms with Crippen LogP contribution in [0.4, 0.5) is 0 Å². The molecule has 0 atom stereocenters. The van der Waals surface area contributed by atoms with E-state index in [9.17, 15) is 16.8 Å². The highest BCUT2D eigenvalue weighted by atomic mass is 32.2. The van der Waals surface area contributed by atoms with Crippen molar-refractivity contribution in [1.82, 2.24) is 10.0 Å². The largest absolute Gasteiger partial charge is 0.317 e. The maximum absolute atomic E-state index is 12.2. The minimum absolute atomic E-state index is 0.0733. The molecule has 1 aromatic carbocycles. The second kappa shape index (κ2) is 5.80. The number of piperidine rings is 1. The van der Waals surface area contributed by atoms with Crippen LogP contribution in [-0.4, -0.2) is 42.2 Å². The molecule has 0 unspecified atom stereocenters. The van der Waals surface area contributed by atoms with Gasteiger partial charge in [-0.2, -0.15) is 0 Å². The van der Waals surface area contributed by atoms with Crippen LogP contribution in [0.15, 0.2) is 34.1 Å². The van der Waals surface area contributed by atoms with Crippen molar-refractivity contribution in [2.75, 3.05) is 19.3 Å². The van der Waals surface area contributed by atoms with E-state index >= 15 is 0 Å². The highest BCUT2D eigenvalue weighted by Gasteiger charge is 2.22. The number of sulfonamides is 1. The third-order valence-corrected chi connectivity index (χ3v) is 5.89. The Kier molecular flexibility index (Phi) is 4.48. The molecule has 1 saturated heterocycles. The van der Waals surface area contributed by atoms with Gasteiger partial charge in [0.05, 0.1) is 9.79 Å². The molecule has 6 nitrogen and oxygen atoms in total. The Balaban J connectivity index is 2.17. The summed E-state index contributed by atoms with van der Waals surface area (Å²) >= 11 is 0. The second-order valence-electron chi connectivity index (χ2n) is 4.89. The fourth-order valence-electron chi connectivity index (χ4n) is 2.09. The average molecular weight is 318 g/mol. The van der Waals surface area contributed by atoms with Crippen LogP contribution in [0.25, 0.3) is 0 Å². The Morgan fingerprint density at radius 2 is 1.50 bits per heavy atom. The fourth-order valence-corrected chi connectivity index (χ4v) is 4.03. The normalized spacial score (nSPS) is 18.1.